The van der Waals surface area contributed by atoms with Gasteiger partial charge in [0.2, 0.25) is 0 Å². The van der Waals surface area contributed by atoms with Gasteiger partial charge in [0.25, 0.3) is 0 Å². The normalized spacial score (nSPS) is 39.0. The molecule has 29 heavy (non-hydrogen) atoms. The van der Waals surface area contributed by atoms with Gasteiger partial charge in [0.15, 0.2) is 0 Å². The third kappa shape index (κ3) is 2.63. The molecule has 2 aliphatic heterocycles. The molecule has 160 valence electrons. The van der Waals surface area contributed by atoms with Crippen LogP contribution < -0.4 is 4.74 Å². The van der Waals surface area contributed by atoms with Crippen molar-refractivity contribution < 1.29 is 9.84 Å². The Hall–Kier alpha value is -0.770. The van der Waals surface area contributed by atoms with Crippen LogP contribution in [0.1, 0.15) is 63.4 Å². The van der Waals surface area contributed by atoms with E-state index in [9.17, 15) is 5.11 Å². The smallest absolute Gasteiger partial charge is 0.125 e. The van der Waals surface area contributed by atoms with Crippen LogP contribution in [-0.4, -0.2) is 35.7 Å². The Labute approximate surface area is 181 Å². The molecule has 1 aromatic rings. The average Bonchev–Trinajstić information content (AvgIpc) is 3.28. The van der Waals surface area contributed by atoms with Crippen molar-refractivity contribution in [3.05, 3.63) is 29.8 Å². The number of ether oxygens (including phenoxy) is 1. The monoisotopic (exact) mass is 417 g/mol. The van der Waals surface area contributed by atoms with Crippen LogP contribution in [-0.2, 0) is 5.60 Å². The number of benzene rings is 1. The van der Waals surface area contributed by atoms with Crippen molar-refractivity contribution >= 4 is 12.4 Å². The van der Waals surface area contributed by atoms with E-state index < -0.39 is 5.60 Å². The fourth-order valence-corrected chi connectivity index (χ4v) is 9.04. The van der Waals surface area contributed by atoms with Crippen LogP contribution in [0.2, 0.25) is 0 Å². The Morgan fingerprint density at radius 1 is 0.966 bits per heavy atom. The molecule has 0 amide bonds. The van der Waals surface area contributed by atoms with Gasteiger partial charge in [0.1, 0.15) is 11.4 Å². The van der Waals surface area contributed by atoms with Crippen LogP contribution in [0.5, 0.6) is 5.75 Å². The van der Waals surface area contributed by atoms with Crippen molar-refractivity contribution in [2.45, 2.75) is 68.9 Å². The van der Waals surface area contributed by atoms with E-state index in [0.29, 0.717) is 17.8 Å². The van der Waals surface area contributed by atoms with E-state index in [2.05, 4.69) is 29.2 Å². The maximum atomic E-state index is 13.1. The molecule has 0 aromatic heterocycles. The minimum absolute atomic E-state index is 0. The highest BCUT2D eigenvalue weighted by atomic mass is 35.5. The lowest BCUT2D eigenvalue weighted by Gasteiger charge is -2.62. The van der Waals surface area contributed by atoms with Crippen molar-refractivity contribution in [3.8, 4) is 5.75 Å². The van der Waals surface area contributed by atoms with Gasteiger partial charge in [-0.15, -0.1) is 12.4 Å². The molecule has 1 N–H and O–H groups in total. The van der Waals surface area contributed by atoms with Gasteiger partial charge in [0.05, 0.1) is 12.6 Å². The van der Waals surface area contributed by atoms with Crippen molar-refractivity contribution in [3.63, 3.8) is 0 Å². The molecule has 0 spiro atoms. The lowest BCUT2D eigenvalue weighted by Crippen LogP contribution is -2.65. The van der Waals surface area contributed by atoms with E-state index in [4.69, 9.17) is 4.74 Å². The van der Waals surface area contributed by atoms with Crippen LogP contribution in [0.25, 0.3) is 0 Å². The molecule has 0 radical (unpaired) electrons. The predicted octanol–water partition coefficient (Wildman–Crippen LogP) is 5.01. The highest BCUT2D eigenvalue weighted by Crippen LogP contribution is 2.66. The third-order valence-electron chi connectivity index (χ3n) is 9.58. The molecule has 6 fully saturated rings. The summed E-state index contributed by atoms with van der Waals surface area (Å²) in [7, 11) is 1.77. The largest absolute Gasteiger partial charge is 0.496 e. The van der Waals surface area contributed by atoms with Gasteiger partial charge in [-0.1, -0.05) is 18.2 Å². The molecule has 3 nitrogen and oxygen atoms in total. The molecule has 2 saturated heterocycles. The van der Waals surface area contributed by atoms with Gasteiger partial charge in [-0.05, 0) is 107 Å². The lowest BCUT2D eigenvalue weighted by molar-refractivity contribution is -0.202. The molecule has 4 heteroatoms. The van der Waals surface area contributed by atoms with Crippen LogP contribution >= 0.6 is 12.4 Å². The highest BCUT2D eigenvalue weighted by Gasteiger charge is 2.67. The van der Waals surface area contributed by atoms with Gasteiger partial charge < -0.3 is 9.84 Å². The summed E-state index contributed by atoms with van der Waals surface area (Å²) >= 11 is 0. The molecular formula is C25H36ClNO2. The van der Waals surface area contributed by atoms with Crippen molar-refractivity contribution in [1.29, 1.82) is 0 Å². The Morgan fingerprint density at radius 2 is 1.55 bits per heavy atom. The number of hydrogen-bond donors (Lipinski definition) is 1. The zero-order chi connectivity index (χ0) is 18.9. The number of aliphatic hydroxyl groups is 1. The quantitative estimate of drug-likeness (QED) is 0.747. The molecule has 6 aliphatic rings. The summed E-state index contributed by atoms with van der Waals surface area (Å²) in [5.74, 6) is 4.55. The number of methoxy groups -OCH3 is 1. The molecule has 4 saturated carbocycles. The Balaban J connectivity index is 0.00000181. The van der Waals surface area contributed by atoms with Crippen LogP contribution in [0.3, 0.4) is 0 Å². The summed E-state index contributed by atoms with van der Waals surface area (Å²) in [5, 5.41) is 13.1. The van der Waals surface area contributed by atoms with E-state index in [1.165, 1.54) is 44.9 Å². The summed E-state index contributed by atoms with van der Waals surface area (Å²) in [6, 6.07) is 8.43. The third-order valence-corrected chi connectivity index (χ3v) is 9.58. The van der Waals surface area contributed by atoms with Gasteiger partial charge in [-0.2, -0.15) is 0 Å². The summed E-state index contributed by atoms with van der Waals surface area (Å²) in [6.45, 7) is 2.32. The number of hydrogen-bond acceptors (Lipinski definition) is 3. The molecule has 4 bridgehead atoms. The molecule has 1 atom stereocenters. The second-order valence-electron chi connectivity index (χ2n) is 10.6. The van der Waals surface area contributed by atoms with E-state index in [0.717, 1.165) is 49.1 Å². The minimum atomic E-state index is -0.783. The SMILES string of the molecule is COc1ccccc1C(O)(C1C2CC3CC(C2)CC1C3)C12CCCN1CCC2.Cl. The number of nitrogens with zero attached hydrogens (tertiary/aromatic N) is 1. The van der Waals surface area contributed by atoms with Gasteiger partial charge in [-0.3, -0.25) is 4.90 Å². The van der Waals surface area contributed by atoms with Gasteiger partial charge in [-0.25, -0.2) is 0 Å². The Kier molecular flexibility index (Phi) is 4.96. The predicted molar refractivity (Wildman–Crippen MR) is 117 cm³/mol. The fraction of sp³-hybridized carbons (Fsp3) is 0.760. The van der Waals surface area contributed by atoms with Crippen LogP contribution in [0.15, 0.2) is 24.3 Å². The number of rotatable bonds is 4. The molecule has 4 aliphatic carbocycles. The average molecular weight is 418 g/mol. The maximum absolute atomic E-state index is 13.1. The molecule has 2 heterocycles. The first-order valence-corrected chi connectivity index (χ1v) is 11.8. The van der Waals surface area contributed by atoms with Gasteiger partial charge in [0, 0.05) is 5.56 Å². The summed E-state index contributed by atoms with van der Waals surface area (Å²) in [5.41, 5.74) is 0.223. The Morgan fingerprint density at radius 3 is 2.14 bits per heavy atom. The molecule has 1 unspecified atom stereocenters. The van der Waals surface area contributed by atoms with Crippen molar-refractivity contribution in [1.82, 2.24) is 4.90 Å². The number of halogens is 1. The fourth-order valence-electron chi connectivity index (χ4n) is 9.04. The van der Waals surface area contributed by atoms with Crippen molar-refractivity contribution in [2.24, 2.45) is 29.6 Å². The number of para-hydroxylation sites is 1. The van der Waals surface area contributed by atoms with Crippen LogP contribution in [0.4, 0.5) is 0 Å². The topological polar surface area (TPSA) is 32.7 Å². The summed E-state index contributed by atoms with van der Waals surface area (Å²) in [6.07, 6.45) is 11.6. The summed E-state index contributed by atoms with van der Waals surface area (Å²) < 4.78 is 5.86. The lowest BCUT2D eigenvalue weighted by atomic mass is 9.45. The molecular weight excluding hydrogens is 382 g/mol. The first-order chi connectivity index (χ1) is 13.7. The zero-order valence-corrected chi connectivity index (χ0v) is 18.5. The van der Waals surface area contributed by atoms with E-state index in [-0.39, 0.29) is 17.9 Å². The van der Waals surface area contributed by atoms with Crippen molar-refractivity contribution in [2.75, 3.05) is 20.2 Å². The minimum Gasteiger partial charge on any atom is -0.496 e. The molecule has 7 rings (SSSR count). The van der Waals surface area contributed by atoms with E-state index in [1.54, 1.807) is 7.11 Å². The highest BCUT2D eigenvalue weighted by molar-refractivity contribution is 5.85. The van der Waals surface area contributed by atoms with Crippen LogP contribution in [0, 0.1) is 29.6 Å². The number of fused-ring (bicyclic) bond motifs is 1. The standard InChI is InChI=1S/C25H35NO2.ClH/c1-28-22-7-3-2-6-21(22)25(27,24-8-4-10-26(24)11-5-9-24)23-19-13-17-12-18(15-19)16-20(23)14-17;/h2-3,6-7,17-20,23,27H,4-5,8-16H2,1H3;1H. The van der Waals surface area contributed by atoms with Gasteiger partial charge >= 0.3 is 0 Å². The summed E-state index contributed by atoms with van der Waals surface area (Å²) in [4.78, 5) is 2.67. The maximum Gasteiger partial charge on any atom is 0.125 e. The van der Waals surface area contributed by atoms with E-state index in [1.807, 2.05) is 0 Å². The second kappa shape index (κ2) is 7.14. The second-order valence-corrected chi connectivity index (χ2v) is 10.6. The first-order valence-electron chi connectivity index (χ1n) is 11.8. The zero-order valence-electron chi connectivity index (χ0n) is 17.7. The van der Waals surface area contributed by atoms with E-state index >= 15 is 0 Å². The first kappa shape index (κ1) is 20.2. The molecule has 1 aromatic carbocycles. The Bertz CT molecular complexity index is 729.